The predicted octanol–water partition coefficient (Wildman–Crippen LogP) is 3.73. The minimum atomic E-state index is 0.448. The van der Waals surface area contributed by atoms with Crippen molar-refractivity contribution in [2.75, 3.05) is 10.6 Å². The molecular weight excluding hydrogens is 312 g/mol. The summed E-state index contributed by atoms with van der Waals surface area (Å²) in [7, 11) is 0. The maximum Gasteiger partial charge on any atom is 0.225 e. The number of hydrogen-bond acceptors (Lipinski definition) is 6. The van der Waals surface area contributed by atoms with Crippen molar-refractivity contribution >= 4 is 17.5 Å². The number of pyridine rings is 1. The molecule has 2 N–H and O–H groups in total. The Morgan fingerprint density at radius 2 is 1.96 bits per heavy atom. The molecule has 0 aliphatic heterocycles. The Kier molecular flexibility index (Phi) is 3.97. The smallest absolute Gasteiger partial charge is 0.225 e. The lowest BCUT2D eigenvalue weighted by Gasteiger charge is -2.12. The third kappa shape index (κ3) is 3.56. The number of hydrogen-bond donors (Lipinski definition) is 2. The summed E-state index contributed by atoms with van der Waals surface area (Å²) in [6.45, 7) is 0. The van der Waals surface area contributed by atoms with Crippen LogP contribution in [0.25, 0.3) is 11.3 Å². The van der Waals surface area contributed by atoms with Crippen LogP contribution >= 0.6 is 0 Å². The summed E-state index contributed by atoms with van der Waals surface area (Å²) in [5, 5.41) is 15.8. The molecule has 0 amide bonds. The van der Waals surface area contributed by atoms with Crippen LogP contribution in [0, 0.1) is 11.3 Å². The second kappa shape index (κ2) is 6.57. The van der Waals surface area contributed by atoms with Gasteiger partial charge in [0.05, 0.1) is 16.9 Å². The van der Waals surface area contributed by atoms with Crippen LogP contribution in [-0.2, 0) is 0 Å². The molecule has 122 valence electrons. The highest BCUT2D eigenvalue weighted by Crippen LogP contribution is 2.27. The van der Waals surface area contributed by atoms with Gasteiger partial charge >= 0.3 is 0 Å². The Hall–Kier alpha value is -3.46. The summed E-state index contributed by atoms with van der Waals surface area (Å²) in [6, 6.07) is 15.7. The van der Waals surface area contributed by atoms with Gasteiger partial charge in [-0.3, -0.25) is 4.98 Å². The second-order valence-electron chi connectivity index (χ2n) is 5.90. The summed E-state index contributed by atoms with van der Waals surface area (Å²) >= 11 is 0. The fourth-order valence-electron chi connectivity index (χ4n) is 2.48. The van der Waals surface area contributed by atoms with E-state index >= 15 is 0 Å². The SMILES string of the molecule is N#Cc1ccccc1Nc1cc(-c2cccnc2)nc(NC2CC2)n1. The molecule has 0 saturated heterocycles. The van der Waals surface area contributed by atoms with Crippen LogP contribution in [0.5, 0.6) is 0 Å². The first-order valence-corrected chi connectivity index (χ1v) is 8.14. The lowest BCUT2D eigenvalue weighted by Crippen LogP contribution is -2.08. The summed E-state index contributed by atoms with van der Waals surface area (Å²) in [6.07, 6.45) is 5.79. The molecule has 2 heterocycles. The molecule has 0 unspecified atom stereocenters. The van der Waals surface area contributed by atoms with Gasteiger partial charge in [-0.25, -0.2) is 4.98 Å². The van der Waals surface area contributed by atoms with E-state index in [0.29, 0.717) is 23.4 Å². The zero-order valence-corrected chi connectivity index (χ0v) is 13.5. The van der Waals surface area contributed by atoms with Crippen LogP contribution in [0.15, 0.2) is 54.9 Å². The molecular formula is C19H16N6. The van der Waals surface area contributed by atoms with Gasteiger partial charge in [0, 0.05) is 30.1 Å². The molecule has 0 atom stereocenters. The normalized spacial score (nSPS) is 13.1. The summed E-state index contributed by atoms with van der Waals surface area (Å²) in [5.74, 6) is 1.22. The highest BCUT2D eigenvalue weighted by atomic mass is 15.2. The number of nitriles is 1. The average molecular weight is 328 g/mol. The molecule has 0 bridgehead atoms. The van der Waals surface area contributed by atoms with Gasteiger partial charge in [0.15, 0.2) is 0 Å². The number of rotatable bonds is 5. The lowest BCUT2D eigenvalue weighted by molar-refractivity contribution is 1.06. The van der Waals surface area contributed by atoms with E-state index in [0.717, 1.165) is 29.8 Å². The molecule has 4 rings (SSSR count). The largest absolute Gasteiger partial charge is 0.351 e. The summed E-state index contributed by atoms with van der Waals surface area (Å²) in [5.41, 5.74) is 2.99. The van der Waals surface area contributed by atoms with Crippen LogP contribution in [0.3, 0.4) is 0 Å². The molecule has 0 radical (unpaired) electrons. The van der Waals surface area contributed by atoms with Crippen molar-refractivity contribution in [3.05, 3.63) is 60.4 Å². The Morgan fingerprint density at radius 1 is 1.08 bits per heavy atom. The van der Waals surface area contributed by atoms with E-state index in [1.165, 1.54) is 0 Å². The van der Waals surface area contributed by atoms with Crippen molar-refractivity contribution in [2.45, 2.75) is 18.9 Å². The third-order valence-corrected chi connectivity index (χ3v) is 3.90. The Morgan fingerprint density at radius 3 is 2.72 bits per heavy atom. The van der Waals surface area contributed by atoms with Crippen LogP contribution < -0.4 is 10.6 Å². The second-order valence-corrected chi connectivity index (χ2v) is 5.90. The van der Waals surface area contributed by atoms with E-state index in [2.05, 4.69) is 31.7 Å². The van der Waals surface area contributed by atoms with E-state index in [9.17, 15) is 5.26 Å². The average Bonchev–Trinajstić information content (AvgIpc) is 3.47. The van der Waals surface area contributed by atoms with Crippen LogP contribution in [-0.4, -0.2) is 21.0 Å². The number of aromatic nitrogens is 3. The fraction of sp³-hybridized carbons (Fsp3) is 0.158. The van der Waals surface area contributed by atoms with Gasteiger partial charge in [-0.1, -0.05) is 12.1 Å². The molecule has 1 aliphatic carbocycles. The maximum atomic E-state index is 9.27. The first kappa shape index (κ1) is 15.1. The van der Waals surface area contributed by atoms with Crippen molar-refractivity contribution in [3.8, 4) is 17.3 Å². The zero-order chi connectivity index (χ0) is 17.1. The minimum absolute atomic E-state index is 0.448. The van der Waals surface area contributed by atoms with Gasteiger partial charge in [0.2, 0.25) is 5.95 Å². The summed E-state index contributed by atoms with van der Waals surface area (Å²) < 4.78 is 0. The molecule has 2 aromatic heterocycles. The standard InChI is InChI=1S/C19H16N6/c20-11-13-4-1-2-6-16(13)23-18-10-17(14-5-3-9-21-12-14)24-19(25-18)22-15-7-8-15/h1-6,9-10,12,15H,7-8H2,(H2,22,23,24,25). The number of anilines is 3. The van der Waals surface area contributed by atoms with Crippen molar-refractivity contribution in [2.24, 2.45) is 0 Å². The molecule has 1 aromatic carbocycles. The first-order valence-electron chi connectivity index (χ1n) is 8.14. The van der Waals surface area contributed by atoms with Crippen molar-refractivity contribution < 1.29 is 0 Å². The fourth-order valence-corrected chi connectivity index (χ4v) is 2.48. The molecule has 1 aliphatic rings. The first-order chi connectivity index (χ1) is 12.3. The topological polar surface area (TPSA) is 86.5 Å². The number of benzene rings is 1. The van der Waals surface area contributed by atoms with Gasteiger partial charge in [-0.15, -0.1) is 0 Å². The molecule has 6 heteroatoms. The molecule has 3 aromatic rings. The van der Waals surface area contributed by atoms with Crippen LogP contribution in [0.1, 0.15) is 18.4 Å². The van der Waals surface area contributed by atoms with E-state index < -0.39 is 0 Å². The Bertz CT molecular complexity index is 928. The molecule has 25 heavy (non-hydrogen) atoms. The monoisotopic (exact) mass is 328 g/mol. The molecule has 1 fully saturated rings. The Balaban J connectivity index is 1.72. The third-order valence-electron chi connectivity index (χ3n) is 3.90. The van der Waals surface area contributed by atoms with Gasteiger partial charge in [-0.05, 0) is 37.1 Å². The van der Waals surface area contributed by atoms with Gasteiger partial charge < -0.3 is 10.6 Å². The zero-order valence-electron chi connectivity index (χ0n) is 13.5. The number of nitrogens with one attached hydrogen (secondary N) is 2. The van der Waals surface area contributed by atoms with Gasteiger partial charge in [0.25, 0.3) is 0 Å². The molecule has 0 spiro atoms. The van der Waals surface area contributed by atoms with E-state index in [1.807, 2.05) is 36.4 Å². The van der Waals surface area contributed by atoms with Crippen molar-refractivity contribution in [1.29, 1.82) is 5.26 Å². The quantitative estimate of drug-likeness (QED) is 0.742. The lowest BCUT2D eigenvalue weighted by atomic mass is 10.2. The van der Waals surface area contributed by atoms with Crippen molar-refractivity contribution in [1.82, 2.24) is 15.0 Å². The number of para-hydroxylation sites is 1. The molecule has 1 saturated carbocycles. The van der Waals surface area contributed by atoms with E-state index in [-0.39, 0.29) is 0 Å². The maximum absolute atomic E-state index is 9.27. The van der Waals surface area contributed by atoms with Gasteiger partial charge in [0.1, 0.15) is 11.9 Å². The highest BCUT2D eigenvalue weighted by molar-refractivity contribution is 5.69. The van der Waals surface area contributed by atoms with Gasteiger partial charge in [-0.2, -0.15) is 10.2 Å². The molecule has 6 nitrogen and oxygen atoms in total. The van der Waals surface area contributed by atoms with Crippen molar-refractivity contribution in [3.63, 3.8) is 0 Å². The Labute approximate surface area is 145 Å². The van der Waals surface area contributed by atoms with Crippen LogP contribution in [0.4, 0.5) is 17.5 Å². The summed E-state index contributed by atoms with van der Waals surface area (Å²) in [4.78, 5) is 13.3. The minimum Gasteiger partial charge on any atom is -0.351 e. The van der Waals surface area contributed by atoms with E-state index in [4.69, 9.17) is 0 Å². The van der Waals surface area contributed by atoms with E-state index in [1.54, 1.807) is 18.5 Å². The highest BCUT2D eigenvalue weighted by Gasteiger charge is 2.22. The van der Waals surface area contributed by atoms with Crippen LogP contribution in [0.2, 0.25) is 0 Å². The number of nitrogens with zero attached hydrogens (tertiary/aromatic N) is 4. The predicted molar refractivity (Wildman–Crippen MR) is 96.3 cm³/mol.